The Morgan fingerprint density at radius 2 is 2.05 bits per heavy atom. The summed E-state index contributed by atoms with van der Waals surface area (Å²) >= 11 is 0. The monoisotopic (exact) mass is 279 g/mol. The van der Waals surface area contributed by atoms with Crippen molar-refractivity contribution in [3.8, 4) is 0 Å². The second kappa shape index (κ2) is 5.45. The highest BCUT2D eigenvalue weighted by Gasteiger charge is 2.39. The van der Waals surface area contributed by atoms with Crippen molar-refractivity contribution in [3.05, 3.63) is 12.2 Å². The summed E-state index contributed by atoms with van der Waals surface area (Å²) in [6, 6.07) is 0.357. The molecule has 0 spiro atoms. The lowest BCUT2D eigenvalue weighted by atomic mass is 9.88. The molecule has 1 aromatic heterocycles. The van der Waals surface area contributed by atoms with Gasteiger partial charge in [0.1, 0.15) is 12.2 Å². The van der Waals surface area contributed by atoms with E-state index in [1.807, 2.05) is 4.68 Å². The van der Waals surface area contributed by atoms with Crippen LogP contribution in [0.5, 0.6) is 0 Å². The number of aromatic nitrogens is 3. The van der Waals surface area contributed by atoms with E-state index in [-0.39, 0.29) is 11.1 Å². The molecular formula is C15H29N5. The van der Waals surface area contributed by atoms with Gasteiger partial charge in [-0.2, -0.15) is 5.10 Å². The number of rotatable bonds is 4. The lowest BCUT2D eigenvalue weighted by Crippen LogP contribution is -2.66. The smallest absolute Gasteiger partial charge is 0.141 e. The van der Waals surface area contributed by atoms with Gasteiger partial charge in [-0.3, -0.25) is 4.90 Å². The van der Waals surface area contributed by atoms with Crippen molar-refractivity contribution in [2.24, 2.45) is 0 Å². The molecule has 1 N–H and O–H groups in total. The van der Waals surface area contributed by atoms with Crippen LogP contribution < -0.4 is 5.32 Å². The minimum absolute atomic E-state index is 0.141. The van der Waals surface area contributed by atoms with Gasteiger partial charge in [-0.25, -0.2) is 9.67 Å². The molecule has 0 radical (unpaired) electrons. The molecule has 1 aromatic rings. The lowest BCUT2D eigenvalue weighted by Gasteiger charge is -2.50. The first-order valence-corrected chi connectivity index (χ1v) is 7.66. The van der Waals surface area contributed by atoms with Gasteiger partial charge in [-0.15, -0.1) is 0 Å². The molecule has 1 fully saturated rings. The molecule has 1 atom stereocenters. The van der Waals surface area contributed by atoms with Gasteiger partial charge < -0.3 is 5.32 Å². The van der Waals surface area contributed by atoms with Crippen LogP contribution in [-0.4, -0.2) is 43.8 Å². The zero-order valence-corrected chi connectivity index (χ0v) is 13.8. The first-order chi connectivity index (χ1) is 9.27. The van der Waals surface area contributed by atoms with Crippen LogP contribution in [0.2, 0.25) is 0 Å². The van der Waals surface area contributed by atoms with E-state index in [2.05, 4.69) is 61.8 Å². The number of hydrogen-bond acceptors (Lipinski definition) is 4. The van der Waals surface area contributed by atoms with Crippen LogP contribution in [0.25, 0.3) is 0 Å². The van der Waals surface area contributed by atoms with E-state index in [1.54, 1.807) is 6.33 Å². The summed E-state index contributed by atoms with van der Waals surface area (Å²) in [5, 5.41) is 8.05. The van der Waals surface area contributed by atoms with Crippen LogP contribution >= 0.6 is 0 Å². The second-order valence-corrected chi connectivity index (χ2v) is 7.15. The number of hydrogen-bond donors (Lipinski definition) is 1. The molecule has 0 amide bonds. The van der Waals surface area contributed by atoms with E-state index >= 15 is 0 Å². The highest BCUT2D eigenvalue weighted by atomic mass is 15.4. The molecule has 5 nitrogen and oxygen atoms in total. The molecule has 1 aliphatic rings. The summed E-state index contributed by atoms with van der Waals surface area (Å²) in [5.74, 6) is 1.06. The summed E-state index contributed by atoms with van der Waals surface area (Å²) in [6.45, 7) is 16.4. The van der Waals surface area contributed by atoms with Crippen molar-refractivity contribution in [2.45, 2.75) is 71.6 Å². The molecule has 1 aliphatic heterocycles. The third-order valence-corrected chi connectivity index (χ3v) is 4.59. The van der Waals surface area contributed by atoms with Gasteiger partial charge in [0.05, 0.1) is 6.54 Å². The van der Waals surface area contributed by atoms with E-state index in [0.29, 0.717) is 6.04 Å². The Balaban J connectivity index is 2.18. The van der Waals surface area contributed by atoms with Crippen LogP contribution in [0.4, 0.5) is 0 Å². The third kappa shape index (κ3) is 3.04. The van der Waals surface area contributed by atoms with Gasteiger partial charge >= 0.3 is 0 Å². The summed E-state index contributed by atoms with van der Waals surface area (Å²) in [4.78, 5) is 7.00. The fraction of sp³-hybridized carbons (Fsp3) is 0.867. The largest absolute Gasteiger partial charge is 0.308 e. The first kappa shape index (κ1) is 15.4. The van der Waals surface area contributed by atoms with Gasteiger partial charge in [-0.1, -0.05) is 6.92 Å². The van der Waals surface area contributed by atoms with Crippen molar-refractivity contribution in [1.82, 2.24) is 25.0 Å². The molecule has 0 bridgehead atoms. The number of nitrogens with one attached hydrogen (secondary N) is 1. The van der Waals surface area contributed by atoms with E-state index in [1.165, 1.54) is 0 Å². The molecule has 1 unspecified atom stereocenters. The van der Waals surface area contributed by atoms with Crippen molar-refractivity contribution < 1.29 is 0 Å². The van der Waals surface area contributed by atoms with Crippen LogP contribution in [0.15, 0.2) is 6.33 Å². The Hall–Kier alpha value is -0.940. The maximum atomic E-state index is 4.46. The van der Waals surface area contributed by atoms with Crippen molar-refractivity contribution in [2.75, 3.05) is 13.1 Å². The third-order valence-electron chi connectivity index (χ3n) is 4.59. The number of piperazine rings is 1. The first-order valence-electron chi connectivity index (χ1n) is 7.66. The normalized spacial score (nSPS) is 27.1. The SMILES string of the molecule is CCC1(C)CN(Cc2ncnn2C(C)C)C(C)(C)CN1. The topological polar surface area (TPSA) is 46.0 Å². The molecule has 0 saturated carbocycles. The van der Waals surface area contributed by atoms with Gasteiger partial charge in [0.25, 0.3) is 0 Å². The second-order valence-electron chi connectivity index (χ2n) is 7.15. The maximum absolute atomic E-state index is 4.46. The highest BCUT2D eigenvalue weighted by molar-refractivity contribution is 5.01. The molecule has 5 heteroatoms. The number of nitrogens with zero attached hydrogens (tertiary/aromatic N) is 4. The van der Waals surface area contributed by atoms with Crippen molar-refractivity contribution >= 4 is 0 Å². The summed E-state index contributed by atoms with van der Waals surface area (Å²) in [6.07, 6.45) is 2.81. The van der Waals surface area contributed by atoms with Crippen LogP contribution in [0.3, 0.4) is 0 Å². The van der Waals surface area contributed by atoms with E-state index in [9.17, 15) is 0 Å². The maximum Gasteiger partial charge on any atom is 0.141 e. The Bertz CT molecular complexity index is 451. The van der Waals surface area contributed by atoms with Gasteiger partial charge in [-0.05, 0) is 41.0 Å². The van der Waals surface area contributed by atoms with Gasteiger partial charge in [0.15, 0.2) is 0 Å². The minimum atomic E-state index is 0.141. The molecule has 20 heavy (non-hydrogen) atoms. The Morgan fingerprint density at radius 3 is 2.65 bits per heavy atom. The van der Waals surface area contributed by atoms with Crippen LogP contribution in [-0.2, 0) is 6.54 Å². The van der Waals surface area contributed by atoms with Crippen molar-refractivity contribution in [3.63, 3.8) is 0 Å². The molecule has 0 aromatic carbocycles. The minimum Gasteiger partial charge on any atom is -0.308 e. The summed E-state index contributed by atoms with van der Waals surface area (Å²) in [5.41, 5.74) is 0.334. The average molecular weight is 279 g/mol. The predicted molar refractivity (Wildman–Crippen MR) is 81.6 cm³/mol. The van der Waals surface area contributed by atoms with Gasteiger partial charge in [0, 0.05) is 30.2 Å². The van der Waals surface area contributed by atoms with E-state index < -0.39 is 0 Å². The molecule has 1 saturated heterocycles. The Labute approximate surface area is 122 Å². The Kier molecular flexibility index (Phi) is 4.21. The highest BCUT2D eigenvalue weighted by Crippen LogP contribution is 2.27. The molecular weight excluding hydrogens is 250 g/mol. The molecule has 0 aliphatic carbocycles. The fourth-order valence-corrected chi connectivity index (χ4v) is 2.73. The van der Waals surface area contributed by atoms with Crippen LogP contribution in [0, 0.1) is 0 Å². The fourth-order valence-electron chi connectivity index (χ4n) is 2.73. The zero-order valence-electron chi connectivity index (χ0n) is 13.8. The average Bonchev–Trinajstić information content (AvgIpc) is 2.83. The zero-order chi connectivity index (χ0) is 15.0. The van der Waals surface area contributed by atoms with E-state index in [4.69, 9.17) is 0 Å². The Morgan fingerprint density at radius 1 is 1.35 bits per heavy atom. The summed E-state index contributed by atoms with van der Waals surface area (Å²) < 4.78 is 2.03. The lowest BCUT2D eigenvalue weighted by molar-refractivity contribution is 0.0213. The van der Waals surface area contributed by atoms with Crippen LogP contribution in [0.1, 0.15) is 59.8 Å². The van der Waals surface area contributed by atoms with Gasteiger partial charge in [0.2, 0.25) is 0 Å². The summed E-state index contributed by atoms with van der Waals surface area (Å²) in [7, 11) is 0. The predicted octanol–water partition coefficient (Wildman–Crippen LogP) is 2.21. The molecule has 2 rings (SSSR count). The molecule has 2 heterocycles. The van der Waals surface area contributed by atoms with Crippen molar-refractivity contribution in [1.29, 1.82) is 0 Å². The van der Waals surface area contributed by atoms with E-state index in [0.717, 1.165) is 31.9 Å². The quantitative estimate of drug-likeness (QED) is 0.918. The standard InChI is InChI=1S/C15H29N5/c1-7-15(6)10-19(14(4,5)9-17-15)8-13-16-11-18-20(13)12(2)3/h11-12,17H,7-10H2,1-6H3. The molecule has 114 valence electrons.